The van der Waals surface area contributed by atoms with Crippen molar-refractivity contribution in [3.63, 3.8) is 0 Å². The molecule has 0 spiro atoms. The van der Waals surface area contributed by atoms with Crippen LogP contribution < -0.4 is 18.9 Å². The van der Waals surface area contributed by atoms with Gasteiger partial charge in [0, 0.05) is 61.8 Å². The molecule has 4 rings (SSSR count). The lowest BCUT2D eigenvalue weighted by Gasteiger charge is -2.21. The number of ether oxygens (including phenoxy) is 1. The molecule has 45 heavy (non-hydrogen) atoms. The van der Waals surface area contributed by atoms with Crippen LogP contribution in [0.15, 0.2) is 97.6 Å². The first kappa shape index (κ1) is 37.5. The molecule has 0 saturated heterocycles. The molecule has 0 aliphatic rings. The van der Waals surface area contributed by atoms with Crippen molar-refractivity contribution in [2.45, 2.75) is 66.5 Å². The van der Waals surface area contributed by atoms with Crippen molar-refractivity contribution in [3.8, 4) is 0 Å². The summed E-state index contributed by atoms with van der Waals surface area (Å²) >= 11 is 0. The fraction of sp³-hybridized carbons (Fsp3) is 0.400. The highest BCUT2D eigenvalue weighted by Crippen LogP contribution is 2.17. The zero-order chi connectivity index (χ0) is 30.3. The number of benzene rings is 2. The van der Waals surface area contributed by atoms with E-state index in [9.17, 15) is 0 Å². The van der Waals surface area contributed by atoms with Gasteiger partial charge in [-0.1, -0.05) is 24.3 Å². The Morgan fingerprint density at radius 3 is 1.02 bits per heavy atom. The Kier molecular flexibility index (Phi) is 17.0. The fourth-order valence-electron chi connectivity index (χ4n) is 5.55. The second-order valence-corrected chi connectivity index (χ2v) is 11.2. The number of hydrogen-bond donors (Lipinski definition) is 0. The lowest BCUT2D eigenvalue weighted by molar-refractivity contribution is -0.705. The van der Waals surface area contributed by atoms with Crippen molar-refractivity contribution in [1.29, 1.82) is 0 Å². The molecule has 0 bridgehead atoms. The van der Waals surface area contributed by atoms with Crippen LogP contribution in [0, 0.1) is 14.9 Å². The van der Waals surface area contributed by atoms with Gasteiger partial charge in [0.2, 0.25) is 0 Å². The summed E-state index contributed by atoms with van der Waals surface area (Å²) in [4.78, 5) is 4.77. The van der Waals surface area contributed by atoms with Crippen LogP contribution in [-0.4, -0.2) is 39.4 Å². The van der Waals surface area contributed by atoms with Crippen LogP contribution in [0.25, 0.3) is 0 Å². The Balaban J connectivity index is 0.00000353. The van der Waals surface area contributed by atoms with E-state index >= 15 is 0 Å². The van der Waals surface area contributed by atoms with Crippen LogP contribution in [-0.2, 0) is 43.5 Å². The summed E-state index contributed by atoms with van der Waals surface area (Å²) in [6, 6.07) is 27.1. The van der Waals surface area contributed by atoms with Crippen molar-refractivity contribution in [1.82, 2.24) is 0 Å². The molecule has 2 aromatic heterocycles. The molecule has 5 heteroatoms. The molecule has 5 nitrogen and oxygen atoms in total. The summed E-state index contributed by atoms with van der Waals surface area (Å²) in [5.74, 6) is 0. The molecule has 0 unspecified atom stereocenters. The summed E-state index contributed by atoms with van der Waals surface area (Å²) in [5.41, 5.74) is 8.16. The van der Waals surface area contributed by atoms with E-state index in [0.717, 1.165) is 65.0 Å². The first-order chi connectivity index (χ1) is 21.1. The van der Waals surface area contributed by atoms with E-state index < -0.39 is 0 Å². The van der Waals surface area contributed by atoms with Crippen LogP contribution in [0.5, 0.6) is 0 Å². The van der Waals surface area contributed by atoms with Gasteiger partial charge in [-0.3, -0.25) is 0 Å². The van der Waals surface area contributed by atoms with Crippen molar-refractivity contribution in [2.24, 2.45) is 0 Å². The average Bonchev–Trinajstić information content (AvgIpc) is 3.06. The number of hydrogen-bond acceptors (Lipinski definition) is 3. The largest absolute Gasteiger partial charge is 0.372 e. The van der Waals surface area contributed by atoms with Crippen LogP contribution >= 0.6 is 0 Å². The molecular formula is C40H58N4O. The van der Waals surface area contributed by atoms with Crippen LogP contribution in [0.3, 0.4) is 0 Å². The van der Waals surface area contributed by atoms with Crippen LogP contribution in [0.4, 0.5) is 11.4 Å². The predicted molar refractivity (Wildman–Crippen MR) is 192 cm³/mol. The highest BCUT2D eigenvalue weighted by molar-refractivity contribution is 5.48. The third-order valence-corrected chi connectivity index (χ3v) is 8.44. The number of anilines is 2. The van der Waals surface area contributed by atoms with Gasteiger partial charge in [0.1, 0.15) is 13.2 Å². The average molecular weight is 611 g/mol. The first-order valence-corrected chi connectivity index (χ1v) is 16.3. The SMILES string of the molecule is CCN(CC)c1ccc(CCc2cc[n+](CCOCC[n+]3ccc(CCc4ccc(N(CC)CC)cc4)cc3)cc2)cc1.[CH3-].[CH3-]. The van der Waals surface area contributed by atoms with Crippen molar-refractivity contribution in [2.75, 3.05) is 49.2 Å². The zero-order valence-corrected chi connectivity index (χ0v) is 28.9. The molecule has 0 fully saturated rings. The Morgan fingerprint density at radius 1 is 0.444 bits per heavy atom. The van der Waals surface area contributed by atoms with Gasteiger partial charge in [0.15, 0.2) is 37.9 Å². The molecule has 0 aliphatic carbocycles. The molecule has 2 heterocycles. The highest BCUT2D eigenvalue weighted by Gasteiger charge is 2.07. The smallest absolute Gasteiger partial charge is 0.171 e. The molecule has 0 saturated carbocycles. The summed E-state index contributed by atoms with van der Waals surface area (Å²) < 4.78 is 10.4. The van der Waals surface area contributed by atoms with E-state index in [2.05, 4.69) is 144 Å². The standard InChI is InChI=1S/C38H52N4O.2CH3/c1-5-41(6-2)37-17-13-33(14-18-37)9-11-35-21-25-39(26-22-35)29-31-43-32-30-40-27-23-36(24-28-40)12-10-34-15-19-38(20-16-34)42(7-3)8-4;;/h13-28H,5-12,29-32H2,1-4H3;2*1H3/q+2;2*-1. The molecule has 0 aliphatic heterocycles. The minimum atomic E-state index is 0. The Labute approximate surface area is 275 Å². The van der Waals surface area contributed by atoms with Crippen LogP contribution in [0.1, 0.15) is 49.9 Å². The quantitative estimate of drug-likeness (QED) is 0.0680. The van der Waals surface area contributed by atoms with E-state index in [1.54, 1.807) is 0 Å². The molecule has 2 aromatic carbocycles. The number of rotatable bonds is 18. The van der Waals surface area contributed by atoms with Gasteiger partial charge in [0.05, 0.1) is 0 Å². The number of pyridine rings is 2. The third-order valence-electron chi connectivity index (χ3n) is 8.44. The second-order valence-electron chi connectivity index (χ2n) is 11.2. The Hall–Kier alpha value is -3.70. The zero-order valence-electron chi connectivity index (χ0n) is 28.9. The summed E-state index contributed by atoms with van der Waals surface area (Å²) in [6.07, 6.45) is 12.9. The maximum Gasteiger partial charge on any atom is 0.171 e. The molecule has 0 atom stereocenters. The molecule has 0 radical (unpaired) electrons. The summed E-state index contributed by atoms with van der Waals surface area (Å²) in [6.45, 7) is 16.2. The van der Waals surface area contributed by atoms with Gasteiger partial charge >= 0.3 is 0 Å². The molecular weight excluding hydrogens is 552 g/mol. The molecule has 0 amide bonds. The van der Waals surface area contributed by atoms with Gasteiger partial charge in [-0.25, -0.2) is 9.13 Å². The summed E-state index contributed by atoms with van der Waals surface area (Å²) in [7, 11) is 0. The number of nitrogens with zero attached hydrogens (tertiary/aromatic N) is 4. The predicted octanol–water partition coefficient (Wildman–Crippen LogP) is 7.14. The molecule has 4 aromatic rings. The highest BCUT2D eigenvalue weighted by atomic mass is 16.5. The minimum Gasteiger partial charge on any atom is -0.372 e. The van der Waals surface area contributed by atoms with E-state index in [1.165, 1.54) is 33.6 Å². The van der Waals surface area contributed by atoms with E-state index in [0.29, 0.717) is 13.2 Å². The maximum absolute atomic E-state index is 5.95. The molecule has 244 valence electrons. The lowest BCUT2D eigenvalue weighted by Crippen LogP contribution is -2.37. The van der Waals surface area contributed by atoms with Gasteiger partial charge in [0.25, 0.3) is 0 Å². The molecule has 0 N–H and O–H groups in total. The fourth-order valence-corrected chi connectivity index (χ4v) is 5.55. The Bertz CT molecular complexity index is 1210. The van der Waals surface area contributed by atoms with Crippen molar-refractivity contribution < 1.29 is 13.9 Å². The topological polar surface area (TPSA) is 23.5 Å². The third kappa shape index (κ3) is 12.0. The summed E-state index contributed by atoms with van der Waals surface area (Å²) in [5, 5.41) is 0. The minimum absolute atomic E-state index is 0. The van der Waals surface area contributed by atoms with Crippen molar-refractivity contribution >= 4 is 11.4 Å². The van der Waals surface area contributed by atoms with E-state index in [4.69, 9.17) is 4.74 Å². The second kappa shape index (κ2) is 20.4. The normalized spacial score (nSPS) is 10.6. The van der Waals surface area contributed by atoms with Gasteiger partial charge in [-0.05, 0) is 99.9 Å². The van der Waals surface area contributed by atoms with E-state index in [-0.39, 0.29) is 14.9 Å². The monoisotopic (exact) mass is 610 g/mol. The number of aryl methyl sites for hydroxylation is 4. The first-order valence-electron chi connectivity index (χ1n) is 16.3. The van der Waals surface area contributed by atoms with E-state index in [1.807, 2.05) is 0 Å². The van der Waals surface area contributed by atoms with Crippen LogP contribution in [0.2, 0.25) is 0 Å². The maximum atomic E-state index is 5.95. The van der Waals surface area contributed by atoms with Gasteiger partial charge in [-0.2, -0.15) is 0 Å². The van der Waals surface area contributed by atoms with Gasteiger partial charge in [-0.15, -0.1) is 0 Å². The lowest BCUT2D eigenvalue weighted by atomic mass is 10.0. The van der Waals surface area contributed by atoms with Crippen molar-refractivity contribution in [3.05, 3.63) is 135 Å². The Morgan fingerprint density at radius 2 is 0.733 bits per heavy atom. The van der Waals surface area contributed by atoms with Gasteiger partial charge < -0.3 is 29.4 Å². The number of aromatic nitrogens is 2.